The third kappa shape index (κ3) is 2.95. The van der Waals surface area contributed by atoms with Crippen molar-refractivity contribution in [2.45, 2.75) is 12.5 Å². The second kappa shape index (κ2) is 5.76. The molecule has 0 bridgehead atoms. The van der Waals surface area contributed by atoms with Gasteiger partial charge in [-0.05, 0) is 18.6 Å². The number of nitrogens with one attached hydrogen (secondary N) is 1. The van der Waals surface area contributed by atoms with Crippen molar-refractivity contribution in [3.05, 3.63) is 33.9 Å². The Bertz CT molecular complexity index is 423. The largest absolute Gasteiger partial charge is 0.394 e. The number of aliphatic hydroxyl groups is 3. The van der Waals surface area contributed by atoms with Crippen LogP contribution in [0.5, 0.6) is 0 Å². The van der Waals surface area contributed by atoms with Crippen molar-refractivity contribution >= 4 is 11.4 Å². The van der Waals surface area contributed by atoms with E-state index in [4.69, 9.17) is 0 Å². The van der Waals surface area contributed by atoms with Crippen LogP contribution in [0.2, 0.25) is 0 Å². The van der Waals surface area contributed by atoms with Crippen LogP contribution in [0.3, 0.4) is 0 Å². The molecule has 1 aromatic carbocycles. The van der Waals surface area contributed by atoms with E-state index in [1.54, 1.807) is 6.92 Å². The summed E-state index contributed by atoms with van der Waals surface area (Å²) < 4.78 is 0. The van der Waals surface area contributed by atoms with E-state index in [1.807, 2.05) is 0 Å². The number of anilines is 1. The SMILES string of the molecule is Cc1cc([N+](=O)[O-])ccc1NC(CO)(CO)CO. The van der Waals surface area contributed by atoms with E-state index >= 15 is 0 Å². The lowest BCUT2D eigenvalue weighted by Gasteiger charge is -2.30. The molecule has 100 valence electrons. The minimum absolute atomic E-state index is 0.0411. The molecule has 7 heteroatoms. The summed E-state index contributed by atoms with van der Waals surface area (Å²) in [5.74, 6) is 0. The smallest absolute Gasteiger partial charge is 0.269 e. The van der Waals surface area contributed by atoms with E-state index in [2.05, 4.69) is 5.32 Å². The number of nitrogens with zero attached hydrogens (tertiary/aromatic N) is 1. The van der Waals surface area contributed by atoms with Gasteiger partial charge in [0.15, 0.2) is 0 Å². The van der Waals surface area contributed by atoms with Crippen molar-refractivity contribution in [3.8, 4) is 0 Å². The molecule has 4 N–H and O–H groups in total. The van der Waals surface area contributed by atoms with Gasteiger partial charge in [-0.1, -0.05) is 0 Å². The summed E-state index contributed by atoms with van der Waals surface area (Å²) in [6.45, 7) is 0.273. The van der Waals surface area contributed by atoms with Crippen molar-refractivity contribution in [3.63, 3.8) is 0 Å². The molecule has 0 aromatic heterocycles. The van der Waals surface area contributed by atoms with Crippen LogP contribution in [0.25, 0.3) is 0 Å². The molecule has 0 heterocycles. The zero-order valence-electron chi connectivity index (χ0n) is 9.96. The quantitative estimate of drug-likeness (QED) is 0.421. The van der Waals surface area contributed by atoms with Gasteiger partial charge in [0.25, 0.3) is 5.69 Å². The third-order valence-corrected chi connectivity index (χ3v) is 2.73. The van der Waals surface area contributed by atoms with E-state index in [-0.39, 0.29) is 5.69 Å². The number of nitro groups is 1. The fourth-order valence-electron chi connectivity index (χ4n) is 1.46. The molecular formula is C11H16N2O5. The number of benzene rings is 1. The highest BCUT2D eigenvalue weighted by Crippen LogP contribution is 2.24. The molecule has 0 aliphatic carbocycles. The average Bonchev–Trinajstić information content (AvgIpc) is 2.38. The summed E-state index contributed by atoms with van der Waals surface area (Å²) in [5.41, 5.74) is -0.191. The van der Waals surface area contributed by atoms with Crippen LogP contribution in [0.1, 0.15) is 5.56 Å². The van der Waals surface area contributed by atoms with Crippen molar-refractivity contribution in [2.75, 3.05) is 25.1 Å². The maximum absolute atomic E-state index is 10.6. The van der Waals surface area contributed by atoms with Crippen LogP contribution >= 0.6 is 0 Å². The minimum atomic E-state index is -1.25. The number of aliphatic hydroxyl groups excluding tert-OH is 3. The molecule has 1 rings (SSSR count). The Labute approximate surface area is 104 Å². The topological polar surface area (TPSA) is 116 Å². The second-order valence-electron chi connectivity index (χ2n) is 4.14. The summed E-state index contributed by atoms with van der Waals surface area (Å²) in [6.07, 6.45) is 0. The summed E-state index contributed by atoms with van der Waals surface area (Å²) in [7, 11) is 0. The molecule has 0 amide bonds. The monoisotopic (exact) mass is 256 g/mol. The molecule has 0 unspecified atom stereocenters. The normalized spacial score (nSPS) is 11.3. The maximum Gasteiger partial charge on any atom is 0.269 e. The van der Waals surface area contributed by atoms with Gasteiger partial charge in [0.2, 0.25) is 0 Å². The molecule has 0 spiro atoms. The number of rotatable bonds is 6. The summed E-state index contributed by atoms with van der Waals surface area (Å²) in [6, 6.07) is 4.16. The van der Waals surface area contributed by atoms with Gasteiger partial charge in [-0.2, -0.15) is 0 Å². The lowest BCUT2D eigenvalue weighted by atomic mass is 10.0. The Morgan fingerprint density at radius 2 is 1.83 bits per heavy atom. The molecule has 0 saturated carbocycles. The van der Waals surface area contributed by atoms with Gasteiger partial charge in [-0.3, -0.25) is 10.1 Å². The van der Waals surface area contributed by atoms with Crippen LogP contribution in [0.15, 0.2) is 18.2 Å². The average molecular weight is 256 g/mol. The predicted octanol–water partition coefficient (Wildman–Crippen LogP) is 0.0308. The van der Waals surface area contributed by atoms with Gasteiger partial charge in [0.1, 0.15) is 5.54 Å². The molecule has 0 radical (unpaired) electrons. The lowest BCUT2D eigenvalue weighted by Crippen LogP contribution is -2.49. The first-order valence-corrected chi connectivity index (χ1v) is 5.34. The van der Waals surface area contributed by atoms with Crippen molar-refractivity contribution in [1.82, 2.24) is 0 Å². The van der Waals surface area contributed by atoms with Crippen LogP contribution in [-0.2, 0) is 0 Å². The highest BCUT2D eigenvalue weighted by Gasteiger charge is 2.28. The van der Waals surface area contributed by atoms with Crippen LogP contribution < -0.4 is 5.32 Å². The number of non-ortho nitro benzene ring substituents is 1. The fraction of sp³-hybridized carbons (Fsp3) is 0.455. The Morgan fingerprint density at radius 3 is 2.22 bits per heavy atom. The highest BCUT2D eigenvalue weighted by molar-refractivity contribution is 5.56. The van der Waals surface area contributed by atoms with Gasteiger partial charge < -0.3 is 20.6 Å². The van der Waals surface area contributed by atoms with Crippen LogP contribution in [-0.4, -0.2) is 45.6 Å². The highest BCUT2D eigenvalue weighted by atomic mass is 16.6. The van der Waals surface area contributed by atoms with E-state index in [9.17, 15) is 25.4 Å². The zero-order valence-corrected chi connectivity index (χ0v) is 9.96. The molecule has 7 nitrogen and oxygen atoms in total. The van der Waals surface area contributed by atoms with Gasteiger partial charge >= 0.3 is 0 Å². The number of aryl methyl sites for hydroxylation is 1. The first-order chi connectivity index (χ1) is 8.48. The number of nitro benzene ring substituents is 1. The molecule has 18 heavy (non-hydrogen) atoms. The first kappa shape index (κ1) is 14.4. The van der Waals surface area contributed by atoms with Gasteiger partial charge in [0, 0.05) is 17.8 Å². The Balaban J connectivity index is 3.01. The molecule has 0 saturated heterocycles. The number of hydrogen-bond acceptors (Lipinski definition) is 6. The van der Waals surface area contributed by atoms with Gasteiger partial charge in [-0.25, -0.2) is 0 Å². The van der Waals surface area contributed by atoms with E-state index in [1.165, 1.54) is 18.2 Å². The molecule has 0 aliphatic heterocycles. The molecular weight excluding hydrogens is 240 g/mol. The van der Waals surface area contributed by atoms with Crippen LogP contribution in [0, 0.1) is 17.0 Å². The standard InChI is InChI=1S/C11H16N2O5/c1-8-4-9(13(17)18)2-3-10(8)12-11(5-14,6-15)7-16/h2-4,12,14-16H,5-7H2,1H3. The molecule has 0 aliphatic rings. The van der Waals surface area contributed by atoms with Crippen molar-refractivity contribution in [2.24, 2.45) is 0 Å². The van der Waals surface area contributed by atoms with Crippen LogP contribution in [0.4, 0.5) is 11.4 Å². The zero-order chi connectivity index (χ0) is 13.8. The maximum atomic E-state index is 10.6. The van der Waals surface area contributed by atoms with E-state index < -0.39 is 30.3 Å². The third-order valence-electron chi connectivity index (χ3n) is 2.73. The molecule has 0 atom stereocenters. The fourth-order valence-corrected chi connectivity index (χ4v) is 1.46. The first-order valence-electron chi connectivity index (χ1n) is 5.34. The van der Waals surface area contributed by atoms with E-state index in [0.717, 1.165) is 0 Å². The Kier molecular flexibility index (Phi) is 4.60. The van der Waals surface area contributed by atoms with Crippen molar-refractivity contribution < 1.29 is 20.2 Å². The van der Waals surface area contributed by atoms with Gasteiger partial charge in [0.05, 0.1) is 24.7 Å². The molecule has 1 aromatic rings. The summed E-state index contributed by atoms with van der Waals surface area (Å²) in [5, 5.41) is 40.9. The van der Waals surface area contributed by atoms with Gasteiger partial charge in [-0.15, -0.1) is 0 Å². The molecule has 0 fully saturated rings. The Hall–Kier alpha value is -1.70. The summed E-state index contributed by atoms with van der Waals surface area (Å²) >= 11 is 0. The predicted molar refractivity (Wildman–Crippen MR) is 65.4 cm³/mol. The second-order valence-corrected chi connectivity index (χ2v) is 4.14. The van der Waals surface area contributed by atoms with E-state index in [0.29, 0.717) is 11.3 Å². The summed E-state index contributed by atoms with van der Waals surface area (Å²) in [4.78, 5) is 10.1. The minimum Gasteiger partial charge on any atom is -0.394 e. The lowest BCUT2D eigenvalue weighted by molar-refractivity contribution is -0.384. The van der Waals surface area contributed by atoms with Crippen molar-refractivity contribution in [1.29, 1.82) is 0 Å². The number of hydrogen-bond donors (Lipinski definition) is 4. The Morgan fingerprint density at radius 1 is 1.28 bits per heavy atom.